The molecule has 0 fully saturated rings. The van der Waals surface area contributed by atoms with E-state index in [1.54, 1.807) is 0 Å². The van der Waals surface area contributed by atoms with Crippen molar-refractivity contribution in [1.29, 1.82) is 0 Å². The number of esters is 2. The van der Waals surface area contributed by atoms with Gasteiger partial charge in [-0.3, -0.25) is 14.4 Å². The van der Waals surface area contributed by atoms with E-state index in [4.69, 9.17) is 15.2 Å². The Bertz CT molecular complexity index is 826. The molecule has 1 atom stereocenters. The van der Waals surface area contributed by atoms with Gasteiger partial charge in [-0.15, -0.1) is 0 Å². The van der Waals surface area contributed by atoms with Crippen molar-refractivity contribution in [3.63, 3.8) is 0 Å². The molecule has 0 aromatic rings. The van der Waals surface area contributed by atoms with Crippen LogP contribution in [0, 0.1) is 0 Å². The molecule has 0 aliphatic carbocycles. The van der Waals surface area contributed by atoms with Crippen molar-refractivity contribution < 1.29 is 29.0 Å². The highest BCUT2D eigenvalue weighted by molar-refractivity contribution is 5.75. The van der Waals surface area contributed by atoms with Crippen molar-refractivity contribution in [3.8, 4) is 0 Å². The van der Waals surface area contributed by atoms with E-state index in [1.165, 1.54) is 25.7 Å². The number of rotatable bonds is 34. The quantitative estimate of drug-likeness (QED) is 0.0358. The number of aliphatic hydroxyl groups is 1. The maximum Gasteiger partial charge on any atom is 0.306 e. The molecule has 1 unspecified atom stereocenters. The van der Waals surface area contributed by atoms with Crippen LogP contribution in [0.5, 0.6) is 0 Å². The second kappa shape index (κ2) is 36.4. The van der Waals surface area contributed by atoms with Crippen LogP contribution in [0.4, 0.5) is 0 Å². The van der Waals surface area contributed by atoms with E-state index in [0.717, 1.165) is 109 Å². The zero-order chi connectivity index (χ0) is 34.5. The van der Waals surface area contributed by atoms with E-state index >= 15 is 0 Å². The Hall–Kier alpha value is -2.45. The highest BCUT2D eigenvalue weighted by Crippen LogP contribution is 2.12. The molecule has 0 radical (unpaired) electrons. The minimum absolute atomic E-state index is 0.0954. The van der Waals surface area contributed by atoms with Gasteiger partial charge in [-0.2, -0.15) is 0 Å². The van der Waals surface area contributed by atoms with Crippen LogP contribution < -0.4 is 11.1 Å². The maximum absolute atomic E-state index is 12.1. The SMILES string of the molecule is CCCC/C=C\C/C=C\CCCCCCCC(=O)OC(CO)COC(=O)CCCCCCC/C=C/CCCCCCC(=O)NCCN. The van der Waals surface area contributed by atoms with Gasteiger partial charge in [0.2, 0.25) is 5.91 Å². The molecule has 47 heavy (non-hydrogen) atoms. The lowest BCUT2D eigenvalue weighted by atomic mass is 10.1. The molecule has 0 saturated carbocycles. The zero-order valence-electron chi connectivity index (χ0n) is 29.9. The van der Waals surface area contributed by atoms with E-state index in [9.17, 15) is 19.5 Å². The lowest BCUT2D eigenvalue weighted by Gasteiger charge is -2.15. The number of nitrogens with two attached hydrogens (primary N) is 1. The number of hydrogen-bond acceptors (Lipinski definition) is 7. The molecule has 0 heterocycles. The first-order valence-corrected chi connectivity index (χ1v) is 18.9. The summed E-state index contributed by atoms with van der Waals surface area (Å²) >= 11 is 0. The lowest BCUT2D eigenvalue weighted by molar-refractivity contribution is -0.161. The Morgan fingerprint density at radius 3 is 1.64 bits per heavy atom. The third kappa shape index (κ3) is 34.7. The van der Waals surface area contributed by atoms with Crippen molar-refractivity contribution in [2.75, 3.05) is 26.3 Å². The molecular formula is C39H70N2O6. The Labute approximate surface area is 287 Å². The van der Waals surface area contributed by atoms with Gasteiger partial charge >= 0.3 is 11.9 Å². The first-order chi connectivity index (χ1) is 23.0. The molecule has 0 rings (SSSR count). The summed E-state index contributed by atoms with van der Waals surface area (Å²) in [4.78, 5) is 35.7. The van der Waals surface area contributed by atoms with Gasteiger partial charge in [0.15, 0.2) is 6.10 Å². The standard InChI is InChI=1S/C39H70N2O6/c1-2-3-4-5-6-7-8-9-12-16-19-22-25-28-31-39(45)47-36(34-42)35-46-38(44)30-27-24-21-18-15-13-10-11-14-17-20-23-26-29-37(43)41-33-32-40/h5-6,8-11,36,42H,2-4,7,12-35,40H2,1H3,(H,41,43)/b6-5-,9-8-,11-10+. The predicted molar refractivity (Wildman–Crippen MR) is 194 cm³/mol. The predicted octanol–water partition coefficient (Wildman–Crippen LogP) is 8.56. The molecule has 0 bridgehead atoms. The number of aliphatic hydroxyl groups excluding tert-OH is 1. The van der Waals surface area contributed by atoms with Crippen molar-refractivity contribution in [2.45, 2.75) is 167 Å². The molecule has 272 valence electrons. The monoisotopic (exact) mass is 663 g/mol. The fourth-order valence-electron chi connectivity index (χ4n) is 5.02. The molecular weight excluding hydrogens is 592 g/mol. The fourth-order valence-corrected chi connectivity index (χ4v) is 5.02. The van der Waals surface area contributed by atoms with Crippen LogP contribution in [0.25, 0.3) is 0 Å². The molecule has 0 aromatic heterocycles. The van der Waals surface area contributed by atoms with Gasteiger partial charge in [0.1, 0.15) is 6.61 Å². The zero-order valence-corrected chi connectivity index (χ0v) is 29.9. The number of nitrogens with one attached hydrogen (secondary N) is 1. The lowest BCUT2D eigenvalue weighted by Crippen LogP contribution is -2.28. The Morgan fingerprint density at radius 1 is 0.638 bits per heavy atom. The molecule has 8 heteroatoms. The highest BCUT2D eigenvalue weighted by atomic mass is 16.6. The van der Waals surface area contributed by atoms with Crippen molar-refractivity contribution in [1.82, 2.24) is 5.32 Å². The second-order valence-electron chi connectivity index (χ2n) is 12.5. The van der Waals surface area contributed by atoms with E-state index < -0.39 is 6.10 Å². The smallest absolute Gasteiger partial charge is 0.306 e. The van der Waals surface area contributed by atoms with Crippen LogP contribution >= 0.6 is 0 Å². The minimum Gasteiger partial charge on any atom is -0.462 e. The highest BCUT2D eigenvalue weighted by Gasteiger charge is 2.16. The van der Waals surface area contributed by atoms with E-state index in [-0.39, 0.29) is 31.1 Å². The van der Waals surface area contributed by atoms with Gasteiger partial charge in [0, 0.05) is 32.4 Å². The van der Waals surface area contributed by atoms with Gasteiger partial charge < -0.3 is 25.6 Å². The molecule has 0 aromatic carbocycles. The third-order valence-electron chi connectivity index (χ3n) is 7.92. The molecule has 0 aliphatic rings. The second-order valence-corrected chi connectivity index (χ2v) is 12.5. The number of ether oxygens (including phenoxy) is 2. The Morgan fingerprint density at radius 2 is 1.11 bits per heavy atom. The summed E-state index contributed by atoms with van der Waals surface area (Å²) in [6, 6.07) is 0. The van der Waals surface area contributed by atoms with Crippen molar-refractivity contribution in [2.24, 2.45) is 5.73 Å². The third-order valence-corrected chi connectivity index (χ3v) is 7.92. The first-order valence-electron chi connectivity index (χ1n) is 18.9. The van der Waals surface area contributed by atoms with Crippen molar-refractivity contribution >= 4 is 17.8 Å². The Balaban J connectivity index is 3.60. The summed E-state index contributed by atoms with van der Waals surface area (Å²) in [6.07, 6.45) is 36.6. The topological polar surface area (TPSA) is 128 Å². The number of carbonyl (C=O) groups excluding carboxylic acids is 3. The van der Waals surface area contributed by atoms with Crippen LogP contribution in [0.15, 0.2) is 36.5 Å². The summed E-state index contributed by atoms with van der Waals surface area (Å²) in [5.41, 5.74) is 5.38. The number of carbonyl (C=O) groups is 3. The fraction of sp³-hybridized carbons (Fsp3) is 0.769. The molecule has 0 spiro atoms. The molecule has 0 saturated heterocycles. The van der Waals surface area contributed by atoms with Crippen LogP contribution in [-0.2, 0) is 23.9 Å². The number of amides is 1. The van der Waals surface area contributed by atoms with Crippen LogP contribution in [0.3, 0.4) is 0 Å². The molecule has 4 N–H and O–H groups in total. The van der Waals surface area contributed by atoms with Gasteiger partial charge in [-0.05, 0) is 70.6 Å². The summed E-state index contributed by atoms with van der Waals surface area (Å²) in [6.45, 7) is 2.81. The summed E-state index contributed by atoms with van der Waals surface area (Å²) in [5, 5.41) is 12.3. The first kappa shape index (κ1) is 44.5. The number of unbranched alkanes of at least 4 members (excludes halogenated alkanes) is 16. The average Bonchev–Trinajstić information content (AvgIpc) is 3.07. The normalized spacial score (nSPS) is 12.3. The van der Waals surface area contributed by atoms with Gasteiger partial charge in [0.25, 0.3) is 0 Å². The van der Waals surface area contributed by atoms with E-state index in [1.807, 2.05) is 0 Å². The minimum atomic E-state index is -0.799. The summed E-state index contributed by atoms with van der Waals surface area (Å²) in [7, 11) is 0. The summed E-state index contributed by atoms with van der Waals surface area (Å²) < 4.78 is 10.6. The van der Waals surface area contributed by atoms with Crippen molar-refractivity contribution in [3.05, 3.63) is 36.5 Å². The van der Waals surface area contributed by atoms with Gasteiger partial charge in [-0.1, -0.05) is 108 Å². The van der Waals surface area contributed by atoms with Crippen LogP contribution in [0.1, 0.15) is 161 Å². The van der Waals surface area contributed by atoms with Gasteiger partial charge in [0.05, 0.1) is 6.61 Å². The van der Waals surface area contributed by atoms with E-state index in [0.29, 0.717) is 32.4 Å². The number of hydrogen-bond donors (Lipinski definition) is 3. The van der Waals surface area contributed by atoms with E-state index in [2.05, 4.69) is 48.7 Å². The maximum atomic E-state index is 12.1. The molecule has 8 nitrogen and oxygen atoms in total. The Kier molecular flexibility index (Phi) is 34.5. The molecule has 1 amide bonds. The average molecular weight is 663 g/mol. The van der Waals surface area contributed by atoms with Gasteiger partial charge in [-0.25, -0.2) is 0 Å². The molecule has 0 aliphatic heterocycles. The summed E-state index contributed by atoms with van der Waals surface area (Å²) in [5.74, 6) is -0.554. The number of allylic oxidation sites excluding steroid dienone is 6. The largest absolute Gasteiger partial charge is 0.462 e. The van der Waals surface area contributed by atoms with Crippen LogP contribution in [-0.4, -0.2) is 55.4 Å². The van der Waals surface area contributed by atoms with Crippen LogP contribution in [0.2, 0.25) is 0 Å².